The molecule has 0 spiro atoms. The molecule has 0 aromatic rings. The number of carbonyl (C=O) groups is 1. The van der Waals surface area contributed by atoms with Crippen molar-refractivity contribution in [1.82, 2.24) is 0 Å². The molecule has 0 saturated carbocycles. The maximum absolute atomic E-state index is 12.1. The van der Waals surface area contributed by atoms with Crippen LogP contribution in [0.1, 0.15) is 84.0 Å². The van der Waals surface area contributed by atoms with Crippen molar-refractivity contribution in [2.24, 2.45) is 0 Å². The molecule has 0 rings (SSSR count). The number of hydrogen-bond acceptors (Lipinski definition) is 8. The second-order valence-corrected chi connectivity index (χ2v) is 8.15. The van der Waals surface area contributed by atoms with Gasteiger partial charge in [0.15, 0.2) is 0 Å². The Labute approximate surface area is 187 Å². The van der Waals surface area contributed by atoms with Crippen LogP contribution >= 0.6 is 0 Å². The molecule has 2 unspecified atom stereocenters. The molecule has 0 aliphatic heterocycles. The van der Waals surface area contributed by atoms with E-state index in [0.29, 0.717) is 6.42 Å². The highest BCUT2D eigenvalue weighted by Crippen LogP contribution is 2.12. The number of rotatable bonds is 23. The first-order valence-corrected chi connectivity index (χ1v) is 12.0. The zero-order valence-corrected chi connectivity index (χ0v) is 19.4. The van der Waals surface area contributed by atoms with Crippen LogP contribution in [0, 0.1) is 0 Å². The zero-order chi connectivity index (χ0) is 23.2. The van der Waals surface area contributed by atoms with Gasteiger partial charge in [0.05, 0.1) is 39.6 Å². The summed E-state index contributed by atoms with van der Waals surface area (Å²) in [6, 6.07) is 0. The molecule has 186 valence electrons. The van der Waals surface area contributed by atoms with Crippen LogP contribution in [0.5, 0.6) is 0 Å². The molecule has 0 aliphatic rings. The average Bonchev–Trinajstić information content (AvgIpc) is 2.76. The summed E-state index contributed by atoms with van der Waals surface area (Å²) in [5.41, 5.74) is 0. The van der Waals surface area contributed by atoms with Gasteiger partial charge in [-0.2, -0.15) is 0 Å². The lowest BCUT2D eigenvalue weighted by Crippen LogP contribution is -2.32. The monoisotopic (exact) mass is 450 g/mol. The van der Waals surface area contributed by atoms with E-state index in [1.165, 1.54) is 51.4 Å². The van der Waals surface area contributed by atoms with Gasteiger partial charge in [0.2, 0.25) is 0 Å². The highest BCUT2D eigenvalue weighted by molar-refractivity contribution is 5.69. The van der Waals surface area contributed by atoms with Gasteiger partial charge >= 0.3 is 5.97 Å². The summed E-state index contributed by atoms with van der Waals surface area (Å²) in [4.78, 5) is 12.1. The van der Waals surface area contributed by atoms with E-state index in [0.717, 1.165) is 19.3 Å². The maximum atomic E-state index is 12.1. The first-order valence-electron chi connectivity index (χ1n) is 12.0. The molecule has 0 fully saturated rings. The van der Waals surface area contributed by atoms with E-state index >= 15 is 0 Å². The largest absolute Gasteiger partial charge is 0.457 e. The average molecular weight is 451 g/mol. The predicted molar refractivity (Wildman–Crippen MR) is 119 cm³/mol. The second kappa shape index (κ2) is 22.4. The molecule has 0 aliphatic carbocycles. The fraction of sp³-hybridized carbons (Fsp3) is 0.957. The van der Waals surface area contributed by atoms with Gasteiger partial charge in [-0.15, -0.1) is 0 Å². The molecule has 8 nitrogen and oxygen atoms in total. The number of unbranched alkanes of at least 4 members (excludes halogenated alkanes) is 10. The number of esters is 1. The van der Waals surface area contributed by atoms with E-state index in [-0.39, 0.29) is 32.4 Å². The Bertz CT molecular complexity index is 378. The van der Waals surface area contributed by atoms with Crippen molar-refractivity contribution in [2.45, 2.75) is 102 Å². The molecule has 4 N–H and O–H groups in total. The highest BCUT2D eigenvalue weighted by Gasteiger charge is 2.17. The Balaban J connectivity index is 3.92. The molecule has 0 saturated heterocycles. The van der Waals surface area contributed by atoms with Gasteiger partial charge in [0.25, 0.3) is 0 Å². The quantitative estimate of drug-likeness (QED) is 0.138. The minimum atomic E-state index is -0.996. The summed E-state index contributed by atoms with van der Waals surface area (Å²) in [5, 5.41) is 36.3. The lowest BCUT2D eigenvalue weighted by molar-refractivity contribution is -0.158. The molecular weight excluding hydrogens is 404 g/mol. The molecule has 0 heterocycles. The van der Waals surface area contributed by atoms with E-state index in [9.17, 15) is 15.0 Å². The fourth-order valence-electron chi connectivity index (χ4n) is 3.07. The van der Waals surface area contributed by atoms with Crippen LogP contribution in [0.25, 0.3) is 0 Å². The smallest absolute Gasteiger partial charge is 0.306 e. The van der Waals surface area contributed by atoms with Gasteiger partial charge in [-0.05, 0) is 6.42 Å². The van der Waals surface area contributed by atoms with E-state index in [1.807, 2.05) is 0 Å². The van der Waals surface area contributed by atoms with E-state index in [4.69, 9.17) is 24.4 Å². The van der Waals surface area contributed by atoms with Crippen LogP contribution in [0.2, 0.25) is 0 Å². The number of hydrogen-bond donors (Lipinski definition) is 4. The standard InChI is InChI=1S/C23H46O8/c1-2-3-4-5-6-7-8-9-10-11-12-13-23(28)31-22(18-29-16-20(26)14-24)19-30-17-21(27)15-25/h20-22,24-27H,2-19H2,1H3. The first-order chi connectivity index (χ1) is 15.0. The normalized spacial score (nSPS) is 14.4. The van der Waals surface area contributed by atoms with Gasteiger partial charge < -0.3 is 34.6 Å². The lowest BCUT2D eigenvalue weighted by atomic mass is 10.1. The third-order valence-corrected chi connectivity index (χ3v) is 4.93. The van der Waals surface area contributed by atoms with Gasteiger partial charge in [-0.3, -0.25) is 4.79 Å². The Morgan fingerprint density at radius 3 is 1.52 bits per heavy atom. The molecule has 31 heavy (non-hydrogen) atoms. The number of aliphatic hydroxyl groups is 4. The summed E-state index contributed by atoms with van der Waals surface area (Å²) in [6.07, 6.45) is 10.9. The number of ether oxygens (including phenoxy) is 3. The summed E-state index contributed by atoms with van der Waals surface area (Å²) in [6.45, 7) is 1.26. The van der Waals surface area contributed by atoms with Gasteiger partial charge in [0.1, 0.15) is 18.3 Å². The van der Waals surface area contributed by atoms with E-state index < -0.39 is 31.5 Å². The second-order valence-electron chi connectivity index (χ2n) is 8.15. The van der Waals surface area contributed by atoms with E-state index in [1.54, 1.807) is 0 Å². The van der Waals surface area contributed by atoms with Crippen molar-refractivity contribution in [3.63, 3.8) is 0 Å². The Morgan fingerprint density at radius 1 is 0.677 bits per heavy atom. The minimum Gasteiger partial charge on any atom is -0.457 e. The van der Waals surface area contributed by atoms with Crippen molar-refractivity contribution in [2.75, 3.05) is 39.6 Å². The molecule has 0 radical (unpaired) electrons. The van der Waals surface area contributed by atoms with E-state index in [2.05, 4.69) is 6.92 Å². The van der Waals surface area contributed by atoms with Crippen molar-refractivity contribution < 1.29 is 39.4 Å². The van der Waals surface area contributed by atoms with Crippen LogP contribution in [0.3, 0.4) is 0 Å². The van der Waals surface area contributed by atoms with Crippen LogP contribution in [-0.2, 0) is 19.0 Å². The van der Waals surface area contributed by atoms with Crippen molar-refractivity contribution >= 4 is 5.97 Å². The van der Waals surface area contributed by atoms with Crippen LogP contribution in [0.15, 0.2) is 0 Å². The van der Waals surface area contributed by atoms with Crippen molar-refractivity contribution in [3.05, 3.63) is 0 Å². The van der Waals surface area contributed by atoms with Crippen LogP contribution in [0.4, 0.5) is 0 Å². The topological polar surface area (TPSA) is 126 Å². The Hall–Kier alpha value is -0.770. The van der Waals surface area contributed by atoms with Gasteiger partial charge in [-0.1, -0.05) is 71.1 Å². The maximum Gasteiger partial charge on any atom is 0.306 e. The molecule has 0 amide bonds. The van der Waals surface area contributed by atoms with Gasteiger partial charge in [-0.25, -0.2) is 0 Å². The predicted octanol–water partition coefficient (Wildman–Crippen LogP) is 2.34. The first kappa shape index (κ1) is 30.2. The summed E-state index contributed by atoms with van der Waals surface area (Å²) >= 11 is 0. The number of carbonyl (C=O) groups excluding carboxylic acids is 1. The summed E-state index contributed by atoms with van der Waals surface area (Å²) < 4.78 is 15.9. The van der Waals surface area contributed by atoms with Crippen molar-refractivity contribution in [1.29, 1.82) is 0 Å². The lowest BCUT2D eigenvalue weighted by Gasteiger charge is -2.19. The Morgan fingerprint density at radius 2 is 1.10 bits per heavy atom. The molecule has 0 bridgehead atoms. The van der Waals surface area contributed by atoms with Crippen LogP contribution < -0.4 is 0 Å². The number of aliphatic hydroxyl groups excluding tert-OH is 4. The Kier molecular flexibility index (Phi) is 21.9. The molecular formula is C23H46O8. The van der Waals surface area contributed by atoms with Crippen LogP contribution in [-0.4, -0.2) is 84.3 Å². The van der Waals surface area contributed by atoms with Gasteiger partial charge in [0, 0.05) is 6.42 Å². The minimum absolute atomic E-state index is 0.0102. The van der Waals surface area contributed by atoms with Crippen molar-refractivity contribution in [3.8, 4) is 0 Å². The summed E-state index contributed by atoms with van der Waals surface area (Å²) in [7, 11) is 0. The summed E-state index contributed by atoms with van der Waals surface area (Å²) in [5.74, 6) is -0.335. The molecule has 8 heteroatoms. The third-order valence-electron chi connectivity index (χ3n) is 4.93. The SMILES string of the molecule is CCCCCCCCCCCCCC(=O)OC(COCC(O)CO)COCC(O)CO. The zero-order valence-electron chi connectivity index (χ0n) is 19.4. The third kappa shape index (κ3) is 20.9. The highest BCUT2D eigenvalue weighted by atomic mass is 16.6. The molecule has 0 aromatic carbocycles. The molecule has 2 atom stereocenters. The fourth-order valence-corrected chi connectivity index (χ4v) is 3.07. The molecule has 0 aromatic heterocycles.